The molecule has 2 nitrogen and oxygen atoms in total. The molecule has 0 saturated carbocycles. The number of phenolic OH excluding ortho intramolecular Hbond substituents is 2. The first-order chi connectivity index (χ1) is 8.68. The third-order valence-electron chi connectivity index (χ3n) is 2.93. The van der Waals surface area contributed by atoms with E-state index in [2.05, 4.69) is 0 Å². The van der Waals surface area contributed by atoms with Crippen LogP contribution in [0.1, 0.15) is 16.7 Å². The second-order valence-corrected chi connectivity index (χ2v) is 4.23. The van der Waals surface area contributed by atoms with Crippen molar-refractivity contribution in [2.75, 3.05) is 0 Å². The number of hydrogen-bond acceptors (Lipinski definition) is 2. The number of benzene rings is 2. The summed E-state index contributed by atoms with van der Waals surface area (Å²) in [7, 11) is 0. The molecular weight excluding hydrogens is 224 g/mol. The Morgan fingerprint density at radius 1 is 1.00 bits per heavy atom. The molecule has 2 rings (SSSR count). The number of rotatable bonds is 3. The number of allylic oxidation sites excluding steroid dienone is 1. The second kappa shape index (κ2) is 5.41. The van der Waals surface area contributed by atoms with Crippen LogP contribution in [-0.2, 0) is 6.42 Å². The third-order valence-corrected chi connectivity index (χ3v) is 2.93. The van der Waals surface area contributed by atoms with E-state index < -0.39 is 0 Å². The first-order valence-corrected chi connectivity index (χ1v) is 5.90. The van der Waals surface area contributed by atoms with Gasteiger partial charge in [0.25, 0.3) is 0 Å². The molecule has 18 heavy (non-hydrogen) atoms. The Bertz CT molecular complexity index is 557. The Labute approximate surface area is 107 Å². The van der Waals surface area contributed by atoms with Crippen molar-refractivity contribution in [3.8, 4) is 11.5 Å². The molecule has 0 aliphatic carbocycles. The standard InChI is InChI=1S/C16H16O2/c1-12-15(17)11-10-14(16(12)18)9-5-8-13-6-3-2-4-7-13/h2-8,10-11,17-18H,9H2,1H3. The maximum Gasteiger partial charge on any atom is 0.125 e. The first-order valence-electron chi connectivity index (χ1n) is 5.90. The summed E-state index contributed by atoms with van der Waals surface area (Å²) in [6.07, 6.45) is 4.66. The lowest BCUT2D eigenvalue weighted by atomic mass is 10.1. The SMILES string of the molecule is Cc1c(O)ccc(CC=Cc2ccccc2)c1O. The quantitative estimate of drug-likeness (QED) is 0.859. The highest BCUT2D eigenvalue weighted by atomic mass is 16.3. The van der Waals surface area contributed by atoms with Gasteiger partial charge >= 0.3 is 0 Å². The molecule has 92 valence electrons. The van der Waals surface area contributed by atoms with Crippen molar-refractivity contribution in [3.05, 3.63) is 65.2 Å². The third kappa shape index (κ3) is 2.72. The summed E-state index contributed by atoms with van der Waals surface area (Å²) in [5.74, 6) is 0.302. The van der Waals surface area contributed by atoms with Crippen LogP contribution in [-0.4, -0.2) is 10.2 Å². The smallest absolute Gasteiger partial charge is 0.125 e. The van der Waals surface area contributed by atoms with Gasteiger partial charge in [-0.2, -0.15) is 0 Å². The minimum absolute atomic E-state index is 0.128. The summed E-state index contributed by atoms with van der Waals surface area (Å²) >= 11 is 0. The summed E-state index contributed by atoms with van der Waals surface area (Å²) in [6, 6.07) is 13.4. The van der Waals surface area contributed by atoms with Crippen molar-refractivity contribution in [2.45, 2.75) is 13.3 Å². The molecule has 0 bridgehead atoms. The van der Waals surface area contributed by atoms with Gasteiger partial charge in [0.1, 0.15) is 11.5 Å². The van der Waals surface area contributed by atoms with Crippen molar-refractivity contribution in [2.24, 2.45) is 0 Å². The van der Waals surface area contributed by atoms with Gasteiger partial charge in [-0.15, -0.1) is 0 Å². The molecule has 0 aliphatic heterocycles. The minimum atomic E-state index is 0.128. The molecule has 0 fully saturated rings. The molecular formula is C16H16O2. The zero-order valence-electron chi connectivity index (χ0n) is 10.3. The number of phenols is 2. The van der Waals surface area contributed by atoms with Gasteiger partial charge in [0.15, 0.2) is 0 Å². The van der Waals surface area contributed by atoms with Crippen molar-refractivity contribution in [3.63, 3.8) is 0 Å². The van der Waals surface area contributed by atoms with Crippen LogP contribution in [0.2, 0.25) is 0 Å². The highest BCUT2D eigenvalue weighted by molar-refractivity contribution is 5.52. The molecule has 0 aliphatic rings. The van der Waals surface area contributed by atoms with Gasteiger partial charge in [0, 0.05) is 5.56 Å². The summed E-state index contributed by atoms with van der Waals surface area (Å²) < 4.78 is 0. The second-order valence-electron chi connectivity index (χ2n) is 4.23. The number of aromatic hydroxyl groups is 2. The summed E-state index contributed by atoms with van der Waals surface area (Å²) in [5.41, 5.74) is 2.48. The largest absolute Gasteiger partial charge is 0.508 e. The van der Waals surface area contributed by atoms with Gasteiger partial charge in [0.05, 0.1) is 0 Å². The van der Waals surface area contributed by atoms with Crippen molar-refractivity contribution >= 4 is 6.08 Å². The van der Waals surface area contributed by atoms with Crippen molar-refractivity contribution < 1.29 is 10.2 Å². The van der Waals surface area contributed by atoms with Gasteiger partial charge in [-0.3, -0.25) is 0 Å². The van der Waals surface area contributed by atoms with Crippen LogP contribution in [0.25, 0.3) is 6.08 Å². The van der Waals surface area contributed by atoms with Crippen LogP contribution in [0.4, 0.5) is 0 Å². The maximum atomic E-state index is 9.88. The van der Waals surface area contributed by atoms with E-state index in [0.29, 0.717) is 12.0 Å². The Morgan fingerprint density at radius 2 is 1.72 bits per heavy atom. The molecule has 0 unspecified atom stereocenters. The molecule has 0 spiro atoms. The average Bonchev–Trinajstić information content (AvgIpc) is 2.40. The van der Waals surface area contributed by atoms with Crippen LogP contribution >= 0.6 is 0 Å². The van der Waals surface area contributed by atoms with E-state index in [1.165, 1.54) is 0 Å². The Hall–Kier alpha value is -2.22. The van der Waals surface area contributed by atoms with Crippen LogP contribution < -0.4 is 0 Å². The predicted octanol–water partition coefficient (Wildman–Crippen LogP) is 3.66. The fourth-order valence-electron chi connectivity index (χ4n) is 1.80. The zero-order chi connectivity index (χ0) is 13.0. The topological polar surface area (TPSA) is 40.5 Å². The fraction of sp³-hybridized carbons (Fsp3) is 0.125. The molecule has 0 heterocycles. The predicted molar refractivity (Wildman–Crippen MR) is 73.7 cm³/mol. The van der Waals surface area contributed by atoms with E-state index in [1.54, 1.807) is 19.1 Å². The van der Waals surface area contributed by atoms with E-state index in [-0.39, 0.29) is 11.5 Å². The summed E-state index contributed by atoms with van der Waals surface area (Å²) in [5, 5.41) is 19.3. The number of hydrogen-bond donors (Lipinski definition) is 2. The Balaban J connectivity index is 2.12. The summed E-state index contributed by atoms with van der Waals surface area (Å²) in [6.45, 7) is 1.70. The van der Waals surface area contributed by atoms with Gasteiger partial charge in [-0.05, 0) is 30.5 Å². The molecule has 0 atom stereocenters. The van der Waals surface area contributed by atoms with Gasteiger partial charge in [-0.1, -0.05) is 48.6 Å². The summed E-state index contributed by atoms with van der Waals surface area (Å²) in [4.78, 5) is 0. The Morgan fingerprint density at radius 3 is 2.44 bits per heavy atom. The molecule has 0 radical (unpaired) electrons. The Kier molecular flexibility index (Phi) is 3.68. The minimum Gasteiger partial charge on any atom is -0.508 e. The van der Waals surface area contributed by atoms with E-state index in [4.69, 9.17) is 0 Å². The van der Waals surface area contributed by atoms with Crippen LogP contribution in [0.5, 0.6) is 11.5 Å². The molecule has 0 aromatic heterocycles. The van der Waals surface area contributed by atoms with Crippen molar-refractivity contribution in [1.82, 2.24) is 0 Å². The first kappa shape index (κ1) is 12.2. The monoisotopic (exact) mass is 240 g/mol. The van der Waals surface area contributed by atoms with E-state index >= 15 is 0 Å². The van der Waals surface area contributed by atoms with Gasteiger partial charge in [-0.25, -0.2) is 0 Å². The van der Waals surface area contributed by atoms with E-state index in [0.717, 1.165) is 11.1 Å². The zero-order valence-corrected chi connectivity index (χ0v) is 10.3. The lowest BCUT2D eigenvalue weighted by molar-refractivity contribution is 0.439. The van der Waals surface area contributed by atoms with E-state index in [1.807, 2.05) is 42.5 Å². The average molecular weight is 240 g/mol. The molecule has 0 amide bonds. The molecule has 0 saturated heterocycles. The highest BCUT2D eigenvalue weighted by Gasteiger charge is 2.06. The fourth-order valence-corrected chi connectivity index (χ4v) is 1.80. The van der Waals surface area contributed by atoms with E-state index in [9.17, 15) is 10.2 Å². The van der Waals surface area contributed by atoms with Gasteiger partial charge in [0.2, 0.25) is 0 Å². The molecule has 2 N–H and O–H groups in total. The molecule has 2 aromatic rings. The van der Waals surface area contributed by atoms with Crippen molar-refractivity contribution in [1.29, 1.82) is 0 Å². The highest BCUT2D eigenvalue weighted by Crippen LogP contribution is 2.29. The maximum absolute atomic E-state index is 9.88. The lowest BCUT2D eigenvalue weighted by Crippen LogP contribution is -1.86. The normalized spacial score (nSPS) is 10.9. The van der Waals surface area contributed by atoms with Gasteiger partial charge < -0.3 is 10.2 Å². The molecule has 2 heteroatoms. The van der Waals surface area contributed by atoms with Crippen LogP contribution in [0, 0.1) is 6.92 Å². The molecule has 2 aromatic carbocycles. The lowest BCUT2D eigenvalue weighted by Gasteiger charge is -2.06. The van der Waals surface area contributed by atoms with Crippen LogP contribution in [0.15, 0.2) is 48.5 Å². The van der Waals surface area contributed by atoms with Crippen LogP contribution in [0.3, 0.4) is 0 Å².